The molecule has 2 heterocycles. The third-order valence-corrected chi connectivity index (χ3v) is 4.32. The number of hydrogen-bond acceptors (Lipinski definition) is 4. The molecule has 0 saturated heterocycles. The van der Waals surface area contributed by atoms with Gasteiger partial charge in [0.25, 0.3) is 0 Å². The molecule has 6 heteroatoms. The number of thioether (sulfide) groups is 1. The summed E-state index contributed by atoms with van der Waals surface area (Å²) in [4.78, 5) is 20.0. The van der Waals surface area contributed by atoms with Crippen LogP contribution in [0.2, 0.25) is 5.15 Å². The number of aromatic nitrogens is 1. The highest BCUT2D eigenvalue weighted by molar-refractivity contribution is 8.13. The third kappa shape index (κ3) is 3.48. The molecule has 0 saturated carbocycles. The molecule has 102 valence electrons. The van der Waals surface area contributed by atoms with Crippen molar-refractivity contribution in [1.29, 1.82) is 0 Å². The molecule has 4 nitrogen and oxygen atoms in total. The van der Waals surface area contributed by atoms with Crippen LogP contribution in [0.3, 0.4) is 0 Å². The molecule has 0 bridgehead atoms. The van der Waals surface area contributed by atoms with Crippen molar-refractivity contribution in [3.63, 3.8) is 0 Å². The van der Waals surface area contributed by atoms with Crippen LogP contribution in [0.25, 0.3) is 0 Å². The number of halogens is 1. The maximum Gasteiger partial charge on any atom is 0.228 e. The van der Waals surface area contributed by atoms with E-state index in [0.29, 0.717) is 22.5 Å². The number of hydrogen-bond donors (Lipinski definition) is 1. The lowest BCUT2D eigenvalue weighted by Crippen LogP contribution is -2.35. The smallest absolute Gasteiger partial charge is 0.228 e. The fraction of sp³-hybridized carbons (Fsp3) is 0.462. The van der Waals surface area contributed by atoms with E-state index in [1.165, 1.54) is 11.8 Å². The first kappa shape index (κ1) is 14.3. The van der Waals surface area contributed by atoms with Crippen molar-refractivity contribution < 1.29 is 4.79 Å². The lowest BCUT2D eigenvalue weighted by Gasteiger charge is -2.18. The highest BCUT2D eigenvalue weighted by Gasteiger charge is 2.18. The predicted octanol–water partition coefficient (Wildman–Crippen LogP) is 2.85. The van der Waals surface area contributed by atoms with E-state index in [4.69, 9.17) is 11.6 Å². The van der Waals surface area contributed by atoms with Crippen molar-refractivity contribution in [2.45, 2.75) is 39.0 Å². The Morgan fingerprint density at radius 2 is 2.26 bits per heavy atom. The molecule has 0 aliphatic carbocycles. The minimum atomic E-state index is 0.0233. The number of aliphatic imine (C=N–C) groups is 1. The third-order valence-electron chi connectivity index (χ3n) is 3.08. The first-order valence-corrected chi connectivity index (χ1v) is 7.44. The number of nitrogens with one attached hydrogen (secondary N) is 1. The molecule has 1 aromatic heterocycles. The SMILES string of the molecule is Cc1cnc(Cl)c(CSC2=NC(C)CC(=O)N2)c1C. The van der Waals surface area contributed by atoms with Crippen molar-refractivity contribution in [3.05, 3.63) is 28.0 Å². The highest BCUT2D eigenvalue weighted by Crippen LogP contribution is 2.25. The minimum absolute atomic E-state index is 0.0233. The largest absolute Gasteiger partial charge is 0.305 e. The van der Waals surface area contributed by atoms with Gasteiger partial charge >= 0.3 is 0 Å². The van der Waals surface area contributed by atoms with Gasteiger partial charge in [0, 0.05) is 23.9 Å². The van der Waals surface area contributed by atoms with Crippen LogP contribution in [0.4, 0.5) is 0 Å². The van der Waals surface area contributed by atoms with Crippen LogP contribution in [0.5, 0.6) is 0 Å². The maximum atomic E-state index is 11.4. The van der Waals surface area contributed by atoms with Crippen LogP contribution in [0.1, 0.15) is 30.0 Å². The second-order valence-electron chi connectivity index (χ2n) is 4.66. The van der Waals surface area contributed by atoms with Gasteiger partial charge in [0.15, 0.2) is 5.17 Å². The zero-order valence-corrected chi connectivity index (χ0v) is 12.7. The Kier molecular flexibility index (Phi) is 4.47. The Morgan fingerprint density at radius 1 is 1.53 bits per heavy atom. The summed E-state index contributed by atoms with van der Waals surface area (Å²) >= 11 is 7.61. The maximum absolute atomic E-state index is 11.4. The molecule has 0 spiro atoms. The Morgan fingerprint density at radius 3 is 2.95 bits per heavy atom. The Hall–Kier alpha value is -1.07. The number of carbonyl (C=O) groups excluding carboxylic acids is 1. The lowest BCUT2D eigenvalue weighted by atomic mass is 10.1. The number of amides is 1. The number of aryl methyl sites for hydroxylation is 1. The minimum Gasteiger partial charge on any atom is -0.305 e. The summed E-state index contributed by atoms with van der Waals surface area (Å²) in [6.45, 7) is 5.98. The first-order chi connectivity index (χ1) is 8.97. The summed E-state index contributed by atoms with van der Waals surface area (Å²) in [6.07, 6.45) is 2.23. The molecule has 1 amide bonds. The van der Waals surface area contributed by atoms with Gasteiger partial charge in [-0.05, 0) is 31.9 Å². The molecular weight excluding hydrogens is 282 g/mol. The van der Waals surface area contributed by atoms with Crippen molar-refractivity contribution in [1.82, 2.24) is 10.3 Å². The van der Waals surface area contributed by atoms with Gasteiger partial charge < -0.3 is 5.32 Å². The molecule has 0 aromatic carbocycles. The summed E-state index contributed by atoms with van der Waals surface area (Å²) in [7, 11) is 0. The molecular formula is C13H16ClN3OS. The lowest BCUT2D eigenvalue weighted by molar-refractivity contribution is -0.120. The van der Waals surface area contributed by atoms with Gasteiger partial charge in [0.2, 0.25) is 5.91 Å². The van der Waals surface area contributed by atoms with Gasteiger partial charge in [0.1, 0.15) is 5.15 Å². The molecule has 1 aromatic rings. The average molecular weight is 298 g/mol. The Bertz CT molecular complexity index is 545. The van der Waals surface area contributed by atoms with E-state index in [1.54, 1.807) is 6.20 Å². The van der Waals surface area contributed by atoms with E-state index in [0.717, 1.165) is 16.7 Å². The molecule has 1 aliphatic heterocycles. The second kappa shape index (κ2) is 5.92. The number of rotatable bonds is 2. The van der Waals surface area contributed by atoms with Crippen LogP contribution in [-0.2, 0) is 10.5 Å². The number of pyridine rings is 1. The van der Waals surface area contributed by atoms with E-state index in [2.05, 4.69) is 15.3 Å². The quantitative estimate of drug-likeness (QED) is 0.854. The van der Waals surface area contributed by atoms with Crippen molar-refractivity contribution in [3.8, 4) is 0 Å². The fourth-order valence-corrected chi connectivity index (χ4v) is 3.23. The average Bonchev–Trinajstić information content (AvgIpc) is 2.33. The summed E-state index contributed by atoms with van der Waals surface area (Å²) in [6, 6.07) is 0.0449. The van der Waals surface area contributed by atoms with E-state index in [1.807, 2.05) is 20.8 Å². The molecule has 19 heavy (non-hydrogen) atoms. The monoisotopic (exact) mass is 297 g/mol. The van der Waals surface area contributed by atoms with Gasteiger partial charge in [-0.25, -0.2) is 4.98 Å². The van der Waals surface area contributed by atoms with Gasteiger partial charge in [-0.1, -0.05) is 23.4 Å². The van der Waals surface area contributed by atoms with Crippen molar-refractivity contribution in [2.24, 2.45) is 4.99 Å². The molecule has 1 N–H and O–H groups in total. The summed E-state index contributed by atoms with van der Waals surface area (Å²) in [5, 5.41) is 3.97. The molecule has 1 aliphatic rings. The molecule has 0 fully saturated rings. The normalized spacial score (nSPS) is 19.1. The topological polar surface area (TPSA) is 54.4 Å². The Labute approximate surface area is 122 Å². The van der Waals surface area contributed by atoms with Crippen LogP contribution in [-0.4, -0.2) is 22.1 Å². The van der Waals surface area contributed by atoms with Crippen LogP contribution in [0, 0.1) is 13.8 Å². The van der Waals surface area contributed by atoms with Gasteiger partial charge in [0.05, 0.1) is 6.04 Å². The van der Waals surface area contributed by atoms with Crippen LogP contribution in [0.15, 0.2) is 11.2 Å². The zero-order chi connectivity index (χ0) is 14.0. The van der Waals surface area contributed by atoms with Crippen LogP contribution < -0.4 is 5.32 Å². The first-order valence-electron chi connectivity index (χ1n) is 6.08. The second-order valence-corrected chi connectivity index (χ2v) is 5.98. The molecule has 1 unspecified atom stereocenters. The summed E-state index contributed by atoms with van der Waals surface area (Å²) in [5.41, 5.74) is 3.26. The molecule has 1 atom stereocenters. The summed E-state index contributed by atoms with van der Waals surface area (Å²) < 4.78 is 0. The van der Waals surface area contributed by atoms with E-state index >= 15 is 0 Å². The zero-order valence-electron chi connectivity index (χ0n) is 11.2. The number of amidine groups is 1. The van der Waals surface area contributed by atoms with E-state index < -0.39 is 0 Å². The van der Waals surface area contributed by atoms with Crippen LogP contribution >= 0.6 is 23.4 Å². The Balaban J connectivity index is 2.11. The molecule has 2 rings (SSSR count). The number of nitrogens with zero attached hydrogens (tertiary/aromatic N) is 2. The standard InChI is InChI=1S/C13H16ClN3OS/c1-7-5-15-12(14)10(9(7)3)6-19-13-16-8(2)4-11(18)17-13/h5,8H,4,6H2,1-3H3,(H,16,17,18). The predicted molar refractivity (Wildman–Crippen MR) is 79.7 cm³/mol. The summed E-state index contributed by atoms with van der Waals surface area (Å²) in [5.74, 6) is 0.681. The van der Waals surface area contributed by atoms with E-state index in [-0.39, 0.29) is 11.9 Å². The van der Waals surface area contributed by atoms with E-state index in [9.17, 15) is 4.79 Å². The van der Waals surface area contributed by atoms with Crippen molar-refractivity contribution >= 4 is 34.4 Å². The van der Waals surface area contributed by atoms with Gasteiger partial charge in [-0.2, -0.15) is 0 Å². The van der Waals surface area contributed by atoms with Gasteiger partial charge in [-0.3, -0.25) is 9.79 Å². The highest BCUT2D eigenvalue weighted by atomic mass is 35.5. The fourth-order valence-electron chi connectivity index (χ4n) is 1.82. The van der Waals surface area contributed by atoms with Crippen molar-refractivity contribution in [2.75, 3.05) is 0 Å². The number of carbonyl (C=O) groups is 1. The van der Waals surface area contributed by atoms with Gasteiger partial charge in [-0.15, -0.1) is 0 Å². The molecule has 0 radical (unpaired) electrons.